The van der Waals surface area contributed by atoms with E-state index in [-0.39, 0.29) is 34.1 Å². The molecule has 0 radical (unpaired) electrons. The molecule has 1 N–H and O–H groups in total. The second-order valence-corrected chi connectivity index (χ2v) is 4.81. The number of carboxylic acids is 1. The molecule has 1 aliphatic rings. The van der Waals surface area contributed by atoms with Crippen LogP contribution in [0.3, 0.4) is 0 Å². The highest BCUT2D eigenvalue weighted by Gasteiger charge is 2.45. The van der Waals surface area contributed by atoms with Gasteiger partial charge in [-0.1, -0.05) is 6.07 Å². The van der Waals surface area contributed by atoms with Crippen molar-refractivity contribution in [2.45, 2.75) is 6.29 Å². The van der Waals surface area contributed by atoms with Crippen LogP contribution in [0.1, 0.15) is 10.4 Å². The minimum Gasteiger partial charge on any atom is -0.478 e. The molecular weight excluding hydrogens is 312 g/mol. The topological polar surface area (TPSA) is 81.8 Å². The molecular formula is C15H7F2NO5. The molecule has 0 atom stereocenters. The van der Waals surface area contributed by atoms with Crippen LogP contribution >= 0.6 is 0 Å². The predicted molar refractivity (Wildman–Crippen MR) is 72.6 cm³/mol. The summed E-state index contributed by atoms with van der Waals surface area (Å²) in [6.45, 7) is 0. The van der Waals surface area contributed by atoms with Crippen molar-refractivity contribution in [3.8, 4) is 23.0 Å². The van der Waals surface area contributed by atoms with Gasteiger partial charge in [-0.15, -0.1) is 8.78 Å². The largest absolute Gasteiger partial charge is 0.586 e. The lowest BCUT2D eigenvalue weighted by Crippen LogP contribution is -2.26. The third kappa shape index (κ3) is 2.15. The summed E-state index contributed by atoms with van der Waals surface area (Å²) >= 11 is 0. The number of carboxylic acid groups (broad SMARTS) is 1. The van der Waals surface area contributed by atoms with Crippen molar-refractivity contribution in [3.05, 3.63) is 42.0 Å². The number of aromatic carboxylic acids is 1. The molecule has 0 amide bonds. The van der Waals surface area contributed by atoms with Gasteiger partial charge in [0.1, 0.15) is 5.52 Å². The van der Waals surface area contributed by atoms with E-state index in [1.165, 1.54) is 36.4 Å². The molecule has 0 bridgehead atoms. The lowest BCUT2D eigenvalue weighted by atomic mass is 10.2. The van der Waals surface area contributed by atoms with Crippen LogP contribution in [-0.4, -0.2) is 22.4 Å². The third-order valence-electron chi connectivity index (χ3n) is 3.29. The molecule has 2 aromatic carbocycles. The molecule has 6 nitrogen and oxygen atoms in total. The average Bonchev–Trinajstić information content (AvgIpc) is 3.04. The van der Waals surface area contributed by atoms with Gasteiger partial charge < -0.3 is 19.0 Å². The van der Waals surface area contributed by atoms with E-state index >= 15 is 0 Å². The molecule has 8 heteroatoms. The monoisotopic (exact) mass is 319 g/mol. The Morgan fingerprint density at radius 3 is 2.78 bits per heavy atom. The van der Waals surface area contributed by atoms with Crippen LogP contribution < -0.4 is 9.47 Å². The van der Waals surface area contributed by atoms with Crippen molar-refractivity contribution < 1.29 is 32.6 Å². The fourth-order valence-corrected chi connectivity index (χ4v) is 2.31. The van der Waals surface area contributed by atoms with E-state index in [9.17, 15) is 13.6 Å². The number of nitrogens with zero attached hydrogens (tertiary/aromatic N) is 1. The number of halogens is 2. The maximum absolute atomic E-state index is 13.2. The summed E-state index contributed by atoms with van der Waals surface area (Å²) in [6, 6.07) is 8.48. The first kappa shape index (κ1) is 13.5. The molecule has 23 heavy (non-hydrogen) atoms. The van der Waals surface area contributed by atoms with Gasteiger partial charge in [-0.2, -0.15) is 0 Å². The van der Waals surface area contributed by atoms with Gasteiger partial charge in [-0.25, -0.2) is 9.78 Å². The lowest BCUT2D eigenvalue weighted by Gasteiger charge is -2.05. The van der Waals surface area contributed by atoms with E-state index in [4.69, 9.17) is 9.52 Å². The predicted octanol–water partition coefficient (Wildman–Crippen LogP) is 3.51. The second-order valence-electron chi connectivity index (χ2n) is 4.81. The Balaban J connectivity index is 1.85. The van der Waals surface area contributed by atoms with Crippen molar-refractivity contribution in [1.82, 2.24) is 4.98 Å². The third-order valence-corrected chi connectivity index (χ3v) is 3.29. The second kappa shape index (κ2) is 4.42. The molecule has 0 unspecified atom stereocenters. The van der Waals surface area contributed by atoms with Gasteiger partial charge in [0.2, 0.25) is 5.89 Å². The highest BCUT2D eigenvalue weighted by atomic mass is 19.3. The van der Waals surface area contributed by atoms with E-state index in [1.807, 2.05) is 0 Å². The van der Waals surface area contributed by atoms with Crippen LogP contribution in [0.25, 0.3) is 22.6 Å². The molecule has 3 aromatic rings. The number of hydrogen-bond donors (Lipinski definition) is 1. The summed E-state index contributed by atoms with van der Waals surface area (Å²) in [5, 5.41) is 8.97. The fraction of sp³-hybridized carbons (Fsp3) is 0.0667. The van der Waals surface area contributed by atoms with Crippen molar-refractivity contribution in [3.63, 3.8) is 0 Å². The molecule has 116 valence electrons. The van der Waals surface area contributed by atoms with E-state index in [1.54, 1.807) is 0 Å². The number of aromatic nitrogens is 1. The highest BCUT2D eigenvalue weighted by molar-refractivity contribution is 5.92. The zero-order chi connectivity index (χ0) is 16.2. The summed E-state index contributed by atoms with van der Waals surface area (Å²) < 4.78 is 40.8. The maximum atomic E-state index is 13.2. The molecule has 1 aromatic heterocycles. The van der Waals surface area contributed by atoms with Crippen molar-refractivity contribution >= 4 is 17.1 Å². The Kier molecular flexibility index (Phi) is 2.59. The Labute approximate surface area is 126 Å². The Morgan fingerprint density at radius 1 is 1.17 bits per heavy atom. The summed E-state index contributed by atoms with van der Waals surface area (Å²) in [4.78, 5) is 15.1. The van der Waals surface area contributed by atoms with Crippen LogP contribution in [0.4, 0.5) is 8.78 Å². The number of ether oxygens (including phenoxy) is 2. The minimum absolute atomic E-state index is 0.0284. The van der Waals surface area contributed by atoms with Crippen LogP contribution in [0.15, 0.2) is 40.8 Å². The van der Waals surface area contributed by atoms with Crippen molar-refractivity contribution in [2.24, 2.45) is 0 Å². The van der Waals surface area contributed by atoms with Gasteiger partial charge in [-0.05, 0) is 30.3 Å². The molecule has 0 saturated carbocycles. The summed E-state index contributed by atoms with van der Waals surface area (Å²) in [5.41, 5.74) is 0.841. The number of para-hydroxylation sites is 1. The maximum Gasteiger partial charge on any atom is 0.586 e. The first-order valence-electron chi connectivity index (χ1n) is 6.46. The van der Waals surface area contributed by atoms with Crippen LogP contribution in [0.5, 0.6) is 11.5 Å². The smallest absolute Gasteiger partial charge is 0.478 e. The zero-order valence-electron chi connectivity index (χ0n) is 11.2. The first-order chi connectivity index (χ1) is 10.9. The van der Waals surface area contributed by atoms with Gasteiger partial charge in [-0.3, -0.25) is 0 Å². The highest BCUT2D eigenvalue weighted by Crippen LogP contribution is 2.47. The minimum atomic E-state index is -3.75. The fourth-order valence-electron chi connectivity index (χ4n) is 2.31. The van der Waals surface area contributed by atoms with Gasteiger partial charge in [0.25, 0.3) is 0 Å². The summed E-state index contributed by atoms with van der Waals surface area (Å²) in [7, 11) is 0. The standard InChI is InChI=1S/C15H7F2NO5/c16-15(17)22-10-3-1-2-8(12(10)23-15)13-18-9-5-4-7(14(19)20)6-11(9)21-13/h1-6H,(H,19,20). The van der Waals surface area contributed by atoms with Gasteiger partial charge in [0, 0.05) is 0 Å². The molecule has 0 aliphatic carbocycles. The number of oxazole rings is 1. The molecule has 1 aliphatic heterocycles. The van der Waals surface area contributed by atoms with Crippen LogP contribution in [0, 0.1) is 0 Å². The molecule has 2 heterocycles. The van der Waals surface area contributed by atoms with E-state index in [0.29, 0.717) is 5.52 Å². The Bertz CT molecular complexity index is 950. The van der Waals surface area contributed by atoms with E-state index in [0.717, 1.165) is 0 Å². The number of carbonyl (C=O) groups is 1. The summed E-state index contributed by atoms with van der Waals surface area (Å²) in [5.74, 6) is -1.38. The SMILES string of the molecule is O=C(O)c1ccc2nc(-c3cccc4c3OC(F)(F)O4)oc2c1. The van der Waals surface area contributed by atoms with Crippen LogP contribution in [0.2, 0.25) is 0 Å². The number of alkyl halides is 2. The normalized spacial score (nSPS) is 15.0. The molecule has 0 saturated heterocycles. The van der Waals surface area contributed by atoms with Crippen molar-refractivity contribution in [2.75, 3.05) is 0 Å². The average molecular weight is 319 g/mol. The van der Waals surface area contributed by atoms with Gasteiger partial charge in [0.05, 0.1) is 11.1 Å². The molecule has 4 rings (SSSR count). The number of fused-ring (bicyclic) bond motifs is 2. The van der Waals surface area contributed by atoms with Crippen molar-refractivity contribution in [1.29, 1.82) is 0 Å². The number of rotatable bonds is 2. The molecule has 0 fully saturated rings. The first-order valence-corrected chi connectivity index (χ1v) is 6.46. The quantitative estimate of drug-likeness (QED) is 0.778. The van der Waals surface area contributed by atoms with Gasteiger partial charge >= 0.3 is 12.3 Å². The van der Waals surface area contributed by atoms with E-state index < -0.39 is 12.3 Å². The van der Waals surface area contributed by atoms with Crippen LogP contribution in [-0.2, 0) is 0 Å². The Morgan fingerprint density at radius 2 is 2.00 bits per heavy atom. The summed E-state index contributed by atoms with van der Waals surface area (Å²) in [6.07, 6.45) is -3.75. The Hall–Kier alpha value is -3.16. The van der Waals surface area contributed by atoms with E-state index in [2.05, 4.69) is 14.5 Å². The zero-order valence-corrected chi connectivity index (χ0v) is 11.2. The number of hydrogen-bond acceptors (Lipinski definition) is 5. The lowest BCUT2D eigenvalue weighted by molar-refractivity contribution is -0.286. The number of benzene rings is 2. The molecule has 0 spiro atoms. The van der Waals surface area contributed by atoms with Gasteiger partial charge in [0.15, 0.2) is 17.1 Å².